The van der Waals surface area contributed by atoms with Crippen LogP contribution in [0.3, 0.4) is 0 Å². The van der Waals surface area contributed by atoms with Crippen molar-refractivity contribution in [3.05, 3.63) is 46.9 Å². The normalized spacial score (nSPS) is 11.1. The summed E-state index contributed by atoms with van der Waals surface area (Å²) in [6, 6.07) is 10.5. The number of nitrogens with one attached hydrogen (secondary N) is 1. The van der Waals surface area contributed by atoms with Crippen molar-refractivity contribution >= 4 is 31.6 Å². The van der Waals surface area contributed by atoms with Crippen LogP contribution in [0.15, 0.2) is 51.8 Å². The molecular weight excluding hydrogens is 346 g/mol. The second kappa shape index (κ2) is 5.72. The van der Waals surface area contributed by atoms with Crippen LogP contribution in [0.4, 0.5) is 5.69 Å². The van der Waals surface area contributed by atoms with Crippen LogP contribution in [0.5, 0.6) is 11.5 Å². The van der Waals surface area contributed by atoms with Crippen LogP contribution in [0, 0.1) is 0 Å². The molecule has 2 N–H and O–H groups in total. The molecule has 0 aliphatic rings. The molecule has 0 amide bonds. The molecule has 0 bridgehead atoms. The number of rotatable bonds is 4. The van der Waals surface area contributed by atoms with Crippen molar-refractivity contribution in [2.45, 2.75) is 4.90 Å². The third-order valence-electron chi connectivity index (χ3n) is 2.57. The molecule has 2 aromatic rings. The van der Waals surface area contributed by atoms with Crippen molar-refractivity contribution in [3.63, 3.8) is 0 Å². The van der Waals surface area contributed by atoms with Gasteiger partial charge in [-0.2, -0.15) is 0 Å². The zero-order valence-corrected chi connectivity index (χ0v) is 12.9. The minimum atomic E-state index is -3.76. The van der Waals surface area contributed by atoms with Gasteiger partial charge in [-0.25, -0.2) is 8.42 Å². The summed E-state index contributed by atoms with van der Waals surface area (Å²) in [5.74, 6) is 0.266. The summed E-state index contributed by atoms with van der Waals surface area (Å²) in [6.45, 7) is 0. The Bertz CT molecular complexity index is 714. The minimum absolute atomic E-state index is 0.0623. The van der Waals surface area contributed by atoms with Crippen molar-refractivity contribution in [1.29, 1.82) is 0 Å². The van der Waals surface area contributed by atoms with E-state index in [1.54, 1.807) is 12.1 Å². The maximum atomic E-state index is 12.2. The lowest BCUT2D eigenvalue weighted by Gasteiger charge is -2.11. The van der Waals surface area contributed by atoms with Crippen LogP contribution in [-0.4, -0.2) is 20.6 Å². The van der Waals surface area contributed by atoms with Gasteiger partial charge in [-0.15, -0.1) is 0 Å². The molecular formula is C13H12BrNO4S. The Morgan fingerprint density at radius 1 is 1.15 bits per heavy atom. The van der Waals surface area contributed by atoms with E-state index in [1.807, 2.05) is 0 Å². The van der Waals surface area contributed by atoms with Crippen LogP contribution in [0.1, 0.15) is 0 Å². The molecule has 0 aliphatic carbocycles. The van der Waals surface area contributed by atoms with Gasteiger partial charge in [-0.3, -0.25) is 4.72 Å². The standard InChI is InChI=1S/C13H12BrNO4S/c1-19-10-4-7-13(16)12(8-10)15-20(17,18)11-5-2-9(14)3-6-11/h2-8,15-16H,1H3. The first-order valence-electron chi connectivity index (χ1n) is 5.58. The second-order valence-corrected chi connectivity index (χ2v) is 6.54. The summed E-state index contributed by atoms with van der Waals surface area (Å²) in [7, 11) is -2.31. The van der Waals surface area contributed by atoms with Crippen molar-refractivity contribution in [2.75, 3.05) is 11.8 Å². The predicted octanol–water partition coefficient (Wildman–Crippen LogP) is 2.96. The van der Waals surface area contributed by atoms with E-state index in [0.717, 1.165) is 4.47 Å². The van der Waals surface area contributed by atoms with Crippen molar-refractivity contribution < 1.29 is 18.3 Å². The Morgan fingerprint density at radius 2 is 1.80 bits per heavy atom. The van der Waals surface area contributed by atoms with Crippen molar-refractivity contribution in [2.24, 2.45) is 0 Å². The van der Waals surface area contributed by atoms with E-state index in [9.17, 15) is 13.5 Å². The molecule has 0 aromatic heterocycles. The molecule has 0 atom stereocenters. The highest BCUT2D eigenvalue weighted by Crippen LogP contribution is 2.30. The van der Waals surface area contributed by atoms with E-state index in [0.29, 0.717) is 5.75 Å². The van der Waals surface area contributed by atoms with E-state index in [-0.39, 0.29) is 16.3 Å². The van der Waals surface area contributed by atoms with Gasteiger partial charge >= 0.3 is 0 Å². The third kappa shape index (κ3) is 3.23. The Balaban J connectivity index is 2.35. The first kappa shape index (κ1) is 14.7. The average molecular weight is 358 g/mol. The fourth-order valence-electron chi connectivity index (χ4n) is 1.54. The highest BCUT2D eigenvalue weighted by atomic mass is 79.9. The molecule has 5 nitrogen and oxygen atoms in total. The fraction of sp³-hybridized carbons (Fsp3) is 0.0769. The summed E-state index contributed by atoms with van der Waals surface area (Å²) in [4.78, 5) is 0.0999. The molecule has 106 valence electrons. The van der Waals surface area contributed by atoms with Crippen LogP contribution >= 0.6 is 15.9 Å². The molecule has 0 aliphatic heterocycles. The van der Waals surface area contributed by atoms with E-state index >= 15 is 0 Å². The summed E-state index contributed by atoms with van der Waals surface area (Å²) < 4.78 is 32.5. The van der Waals surface area contributed by atoms with Crippen molar-refractivity contribution in [1.82, 2.24) is 0 Å². The first-order chi connectivity index (χ1) is 9.42. The minimum Gasteiger partial charge on any atom is -0.506 e. The molecule has 0 spiro atoms. The summed E-state index contributed by atoms with van der Waals surface area (Å²) in [5.41, 5.74) is 0.0623. The second-order valence-electron chi connectivity index (χ2n) is 3.94. The highest BCUT2D eigenvalue weighted by Gasteiger charge is 2.16. The van der Waals surface area contributed by atoms with Gasteiger partial charge < -0.3 is 9.84 Å². The van der Waals surface area contributed by atoms with Gasteiger partial charge in [-0.1, -0.05) is 15.9 Å². The summed E-state index contributed by atoms with van der Waals surface area (Å²) >= 11 is 3.24. The molecule has 0 saturated carbocycles. The smallest absolute Gasteiger partial charge is 0.262 e. The number of anilines is 1. The van der Waals surface area contributed by atoms with Crippen LogP contribution in [0.2, 0.25) is 0 Å². The van der Waals surface area contributed by atoms with E-state index in [4.69, 9.17) is 4.74 Å². The van der Waals surface area contributed by atoms with Gasteiger partial charge in [0.15, 0.2) is 0 Å². The van der Waals surface area contributed by atoms with Gasteiger partial charge in [0.25, 0.3) is 10.0 Å². The highest BCUT2D eigenvalue weighted by molar-refractivity contribution is 9.10. The lowest BCUT2D eigenvalue weighted by Crippen LogP contribution is -2.13. The Hall–Kier alpha value is -1.73. The Kier molecular flexibility index (Phi) is 4.20. The van der Waals surface area contributed by atoms with Crippen LogP contribution < -0.4 is 9.46 Å². The number of phenols is 1. The quantitative estimate of drug-likeness (QED) is 0.824. The number of ether oxygens (including phenoxy) is 1. The first-order valence-corrected chi connectivity index (χ1v) is 7.85. The maximum Gasteiger partial charge on any atom is 0.262 e. The van der Waals surface area contributed by atoms with Gasteiger partial charge in [-0.05, 0) is 36.4 Å². The van der Waals surface area contributed by atoms with Gasteiger partial charge in [0, 0.05) is 10.5 Å². The lowest BCUT2D eigenvalue weighted by atomic mass is 10.3. The SMILES string of the molecule is COc1ccc(O)c(NS(=O)(=O)c2ccc(Br)cc2)c1. The number of methoxy groups -OCH3 is 1. The Labute approximate surface area is 125 Å². The molecule has 0 saturated heterocycles. The third-order valence-corrected chi connectivity index (χ3v) is 4.48. The zero-order valence-electron chi connectivity index (χ0n) is 10.5. The predicted molar refractivity (Wildman–Crippen MR) is 79.6 cm³/mol. The van der Waals surface area contributed by atoms with Crippen LogP contribution in [0.25, 0.3) is 0 Å². The number of hydrogen-bond donors (Lipinski definition) is 2. The number of hydrogen-bond acceptors (Lipinski definition) is 4. The van der Waals surface area contributed by atoms with Gasteiger partial charge in [0.05, 0.1) is 17.7 Å². The molecule has 2 aromatic carbocycles. The molecule has 7 heteroatoms. The average Bonchev–Trinajstić information content (AvgIpc) is 2.41. The number of aromatic hydroxyl groups is 1. The molecule has 0 heterocycles. The maximum absolute atomic E-state index is 12.2. The fourth-order valence-corrected chi connectivity index (χ4v) is 2.87. The number of halogens is 1. The van der Waals surface area contributed by atoms with Crippen LogP contribution in [-0.2, 0) is 10.0 Å². The topological polar surface area (TPSA) is 75.6 Å². The summed E-state index contributed by atoms with van der Waals surface area (Å²) in [6.07, 6.45) is 0. The molecule has 0 fully saturated rings. The molecule has 0 radical (unpaired) electrons. The van der Waals surface area contributed by atoms with Crippen molar-refractivity contribution in [3.8, 4) is 11.5 Å². The molecule has 0 unspecified atom stereocenters. The largest absolute Gasteiger partial charge is 0.506 e. The van der Waals surface area contributed by atoms with E-state index in [1.165, 1.54) is 37.4 Å². The van der Waals surface area contributed by atoms with Gasteiger partial charge in [0.2, 0.25) is 0 Å². The zero-order chi connectivity index (χ0) is 14.8. The summed E-state index contributed by atoms with van der Waals surface area (Å²) in [5, 5.41) is 9.69. The van der Waals surface area contributed by atoms with E-state index in [2.05, 4.69) is 20.7 Å². The molecule has 20 heavy (non-hydrogen) atoms. The number of benzene rings is 2. The molecule has 2 rings (SSSR count). The number of phenolic OH excluding ortho intramolecular Hbond substituents is 1. The van der Waals surface area contributed by atoms with Gasteiger partial charge in [0.1, 0.15) is 11.5 Å². The number of sulfonamides is 1. The van der Waals surface area contributed by atoms with E-state index < -0.39 is 10.0 Å². The monoisotopic (exact) mass is 357 g/mol. The Morgan fingerprint density at radius 3 is 2.40 bits per heavy atom. The lowest BCUT2D eigenvalue weighted by molar-refractivity contribution is 0.413.